The Balaban J connectivity index is 1.51. The van der Waals surface area contributed by atoms with Crippen LogP contribution in [-0.4, -0.2) is 12.6 Å². The second-order valence-corrected chi connectivity index (χ2v) is 11.2. The molecule has 3 aliphatic rings. The molecule has 1 N–H and O–H groups in total. The van der Waals surface area contributed by atoms with Gasteiger partial charge in [0.1, 0.15) is 0 Å². The van der Waals surface area contributed by atoms with Crippen molar-refractivity contribution in [1.29, 1.82) is 5.26 Å². The normalized spacial score (nSPS) is 21.3. The molecular formula is C24H21ClN2O3S2. The number of nitrogens with one attached hydrogen (secondary N) is 1. The van der Waals surface area contributed by atoms with Gasteiger partial charge in [-0.25, -0.2) is 0 Å². The van der Waals surface area contributed by atoms with Crippen molar-refractivity contribution in [2.75, 3.05) is 6.79 Å². The van der Waals surface area contributed by atoms with Gasteiger partial charge in [-0.05, 0) is 34.9 Å². The number of carbonyl (C=O) groups is 1. The van der Waals surface area contributed by atoms with Crippen molar-refractivity contribution in [1.82, 2.24) is 5.32 Å². The smallest absolute Gasteiger partial charge is 0.231 e. The Kier molecular flexibility index (Phi) is 5.48. The van der Waals surface area contributed by atoms with Gasteiger partial charge in [0.05, 0.1) is 22.6 Å². The van der Waals surface area contributed by atoms with Crippen molar-refractivity contribution in [2.45, 2.75) is 38.4 Å². The fraction of sp³-hybridized carbons (Fsp3) is 0.333. The second-order valence-electron chi connectivity index (χ2n) is 8.85. The molecule has 1 atom stereocenters. The lowest BCUT2D eigenvalue weighted by atomic mass is 9.70. The van der Waals surface area contributed by atoms with Crippen LogP contribution in [0, 0.1) is 16.7 Å². The average molecular weight is 485 g/mol. The summed E-state index contributed by atoms with van der Waals surface area (Å²) in [5.74, 6) is 1.68. The summed E-state index contributed by atoms with van der Waals surface area (Å²) < 4.78 is 10.9. The molecule has 0 radical (unpaired) electrons. The van der Waals surface area contributed by atoms with Crippen LogP contribution in [0.1, 0.15) is 43.0 Å². The highest BCUT2D eigenvalue weighted by Gasteiger charge is 2.42. The molecule has 32 heavy (non-hydrogen) atoms. The van der Waals surface area contributed by atoms with Gasteiger partial charge in [0.2, 0.25) is 6.79 Å². The molecular weight excluding hydrogens is 464 g/mol. The molecule has 2 aliphatic heterocycles. The maximum absolute atomic E-state index is 13.2. The second kappa shape index (κ2) is 8.18. The first kappa shape index (κ1) is 21.4. The van der Waals surface area contributed by atoms with E-state index < -0.39 is 0 Å². The van der Waals surface area contributed by atoms with Crippen LogP contribution in [0.2, 0.25) is 5.02 Å². The van der Waals surface area contributed by atoms with Crippen LogP contribution in [0.4, 0.5) is 0 Å². The number of benzene rings is 1. The topological polar surface area (TPSA) is 71.3 Å². The lowest BCUT2D eigenvalue weighted by Crippen LogP contribution is -2.36. The van der Waals surface area contributed by atoms with E-state index in [1.165, 1.54) is 11.8 Å². The molecule has 3 heterocycles. The highest BCUT2D eigenvalue weighted by Crippen LogP contribution is 2.49. The molecule has 1 aliphatic carbocycles. The summed E-state index contributed by atoms with van der Waals surface area (Å²) >= 11 is 9.57. The van der Waals surface area contributed by atoms with E-state index in [9.17, 15) is 10.1 Å². The first-order valence-electron chi connectivity index (χ1n) is 10.3. The number of nitrogens with zero attached hydrogens (tertiary/aromatic N) is 1. The fourth-order valence-electron chi connectivity index (χ4n) is 4.45. The van der Waals surface area contributed by atoms with E-state index in [4.69, 9.17) is 21.1 Å². The fourth-order valence-corrected chi connectivity index (χ4v) is 6.65. The molecule has 5 nitrogen and oxygen atoms in total. The molecule has 5 rings (SSSR count). The number of allylic oxidation sites excluding steroid dienone is 3. The molecule has 0 spiro atoms. The number of fused-ring (bicyclic) bond motifs is 1. The van der Waals surface area contributed by atoms with Crippen LogP contribution in [0.25, 0.3) is 0 Å². The van der Waals surface area contributed by atoms with Gasteiger partial charge in [0, 0.05) is 39.4 Å². The number of carbonyl (C=O) groups excluding carboxylic acids is 1. The van der Waals surface area contributed by atoms with Gasteiger partial charge in [0.25, 0.3) is 0 Å². The van der Waals surface area contributed by atoms with Crippen LogP contribution in [0.3, 0.4) is 0 Å². The molecule has 0 unspecified atom stereocenters. The van der Waals surface area contributed by atoms with Crippen LogP contribution < -0.4 is 14.8 Å². The van der Waals surface area contributed by atoms with E-state index in [1.807, 2.05) is 23.6 Å². The molecule has 1 aromatic heterocycles. The molecule has 8 heteroatoms. The number of hydrogen-bond donors (Lipinski definition) is 1. The van der Waals surface area contributed by atoms with Crippen LogP contribution >= 0.6 is 34.7 Å². The van der Waals surface area contributed by atoms with Crippen molar-refractivity contribution in [3.05, 3.63) is 67.0 Å². The number of nitriles is 1. The van der Waals surface area contributed by atoms with Crippen LogP contribution in [-0.2, 0) is 10.5 Å². The monoisotopic (exact) mass is 484 g/mol. The summed E-state index contributed by atoms with van der Waals surface area (Å²) in [6.07, 6.45) is 1.26. The molecule has 0 fully saturated rings. The number of ketones is 1. The minimum atomic E-state index is -0.324. The Hall–Kier alpha value is -2.40. The van der Waals surface area contributed by atoms with Gasteiger partial charge in [0.15, 0.2) is 17.3 Å². The summed E-state index contributed by atoms with van der Waals surface area (Å²) in [6, 6.07) is 10.0. The molecule has 2 aromatic rings. The third kappa shape index (κ3) is 3.81. The maximum Gasteiger partial charge on any atom is 0.231 e. The standard InChI is InChI=1S/C24H21ClN2O3S2/c1-24(2)8-16-22(17(28)9-24)21(20-4-3-5-31-20)14(10-26)23(27-16)32-11-13-6-18-19(7-15(13)25)30-12-29-18/h3-7,21,27H,8-9,11-12H2,1-2H3/t21-/m1/s1. The minimum Gasteiger partial charge on any atom is -0.454 e. The van der Waals surface area contributed by atoms with E-state index in [0.29, 0.717) is 34.3 Å². The zero-order valence-corrected chi connectivity index (χ0v) is 20.0. The first-order chi connectivity index (χ1) is 15.4. The first-order valence-corrected chi connectivity index (χ1v) is 12.5. The summed E-state index contributed by atoms with van der Waals surface area (Å²) in [4.78, 5) is 14.2. The van der Waals surface area contributed by atoms with Crippen molar-refractivity contribution < 1.29 is 14.3 Å². The summed E-state index contributed by atoms with van der Waals surface area (Å²) in [5.41, 5.74) is 3.04. The Morgan fingerprint density at radius 2 is 2.09 bits per heavy atom. The zero-order valence-electron chi connectivity index (χ0n) is 17.7. The molecule has 164 valence electrons. The molecule has 1 aromatic carbocycles. The number of hydrogen-bond acceptors (Lipinski definition) is 7. The number of thiophene rings is 1. The van der Waals surface area contributed by atoms with Crippen molar-refractivity contribution in [3.8, 4) is 17.6 Å². The lowest BCUT2D eigenvalue weighted by Gasteiger charge is -2.38. The lowest BCUT2D eigenvalue weighted by molar-refractivity contribution is -0.118. The number of halogens is 1. The zero-order chi connectivity index (χ0) is 22.5. The van der Waals surface area contributed by atoms with Crippen LogP contribution in [0.15, 0.2) is 51.5 Å². The van der Waals surface area contributed by atoms with Crippen LogP contribution in [0.5, 0.6) is 11.5 Å². The highest BCUT2D eigenvalue weighted by molar-refractivity contribution is 8.02. The number of dihydropyridines is 1. The van der Waals surface area contributed by atoms with Crippen molar-refractivity contribution in [2.24, 2.45) is 5.41 Å². The SMILES string of the molecule is CC1(C)CC(=O)C2=C(C1)NC(SCc1cc3c(cc1Cl)OCO3)=C(C#N)[C@@H]2c1cccs1. The molecule has 0 saturated heterocycles. The number of thioether (sulfide) groups is 1. The van der Waals surface area contributed by atoms with Gasteiger partial charge < -0.3 is 14.8 Å². The Bertz CT molecular complexity index is 1210. The van der Waals surface area contributed by atoms with E-state index in [-0.39, 0.29) is 23.9 Å². The third-order valence-electron chi connectivity index (χ3n) is 5.87. The number of ether oxygens (including phenoxy) is 2. The van der Waals surface area contributed by atoms with Gasteiger partial charge in [-0.1, -0.05) is 31.5 Å². The molecule has 0 bridgehead atoms. The van der Waals surface area contributed by atoms with Gasteiger partial charge >= 0.3 is 0 Å². The van der Waals surface area contributed by atoms with Gasteiger partial charge in [-0.2, -0.15) is 5.26 Å². The summed E-state index contributed by atoms with van der Waals surface area (Å²) in [7, 11) is 0. The predicted octanol–water partition coefficient (Wildman–Crippen LogP) is 6.13. The quantitative estimate of drug-likeness (QED) is 0.563. The number of rotatable bonds is 4. The van der Waals surface area contributed by atoms with E-state index in [1.54, 1.807) is 17.4 Å². The highest BCUT2D eigenvalue weighted by atomic mass is 35.5. The molecule has 0 saturated carbocycles. The minimum absolute atomic E-state index is 0.122. The van der Waals surface area contributed by atoms with Crippen molar-refractivity contribution >= 4 is 40.5 Å². The van der Waals surface area contributed by atoms with Crippen molar-refractivity contribution in [3.63, 3.8) is 0 Å². The van der Waals surface area contributed by atoms with E-state index in [0.717, 1.165) is 33.2 Å². The number of Topliss-reactive ketones (excluding diaryl/α,β-unsaturated/α-hetero) is 1. The summed E-state index contributed by atoms with van der Waals surface area (Å²) in [5, 5.41) is 17.0. The predicted molar refractivity (Wildman–Crippen MR) is 127 cm³/mol. The summed E-state index contributed by atoms with van der Waals surface area (Å²) in [6.45, 7) is 4.41. The molecule has 0 amide bonds. The Morgan fingerprint density at radius 3 is 2.81 bits per heavy atom. The Labute approximate surface area is 200 Å². The van der Waals surface area contributed by atoms with Gasteiger partial charge in [-0.15, -0.1) is 23.1 Å². The Morgan fingerprint density at radius 1 is 1.31 bits per heavy atom. The van der Waals surface area contributed by atoms with Gasteiger partial charge in [-0.3, -0.25) is 4.79 Å². The van der Waals surface area contributed by atoms with E-state index >= 15 is 0 Å². The maximum atomic E-state index is 13.2. The van der Waals surface area contributed by atoms with E-state index in [2.05, 4.69) is 25.2 Å². The average Bonchev–Trinajstić information content (AvgIpc) is 3.41. The largest absolute Gasteiger partial charge is 0.454 e. The third-order valence-corrected chi connectivity index (χ3v) is 8.22.